The Morgan fingerprint density at radius 1 is 1.33 bits per heavy atom. The van der Waals surface area contributed by atoms with Crippen LogP contribution in [0.1, 0.15) is 33.6 Å². The van der Waals surface area contributed by atoms with Crippen LogP contribution in [0.3, 0.4) is 0 Å². The lowest BCUT2D eigenvalue weighted by Crippen LogP contribution is -2.52. The first-order valence-electron chi connectivity index (χ1n) is 7.33. The molecule has 0 spiro atoms. The average molecular weight is 400 g/mol. The van der Waals surface area contributed by atoms with Gasteiger partial charge in [-0.15, -0.1) is 0 Å². The minimum Gasteiger partial charge on any atom is -0.499 e. The molecule has 0 fully saturated rings. The van der Waals surface area contributed by atoms with Crippen molar-refractivity contribution in [3.05, 3.63) is 11.8 Å². The Balaban J connectivity index is 2.90. The predicted molar refractivity (Wildman–Crippen MR) is 92.7 cm³/mol. The third kappa shape index (κ3) is 6.15. The van der Waals surface area contributed by atoms with E-state index in [2.05, 4.69) is 5.32 Å². The van der Waals surface area contributed by atoms with Gasteiger partial charge >= 0.3 is 0 Å². The molecule has 0 unspecified atom stereocenters. The molecule has 0 aromatic heterocycles. The van der Waals surface area contributed by atoms with Crippen LogP contribution < -0.4 is 5.32 Å². The quantitative estimate of drug-likeness (QED) is 0.721. The van der Waals surface area contributed by atoms with Gasteiger partial charge in [0.2, 0.25) is 5.91 Å². The van der Waals surface area contributed by atoms with Crippen molar-refractivity contribution in [3.8, 4) is 0 Å². The van der Waals surface area contributed by atoms with E-state index in [1.54, 1.807) is 20.8 Å². The van der Waals surface area contributed by atoms with Crippen LogP contribution in [0, 0.1) is 5.41 Å². The van der Waals surface area contributed by atoms with E-state index in [9.17, 15) is 14.4 Å². The third-order valence-corrected chi connectivity index (χ3v) is 3.96. The van der Waals surface area contributed by atoms with Crippen LogP contribution in [0.25, 0.3) is 0 Å². The number of carbonyl (C=O) groups is 3. The van der Waals surface area contributed by atoms with Gasteiger partial charge in [-0.25, -0.2) is 0 Å². The van der Waals surface area contributed by atoms with Crippen molar-refractivity contribution >= 4 is 52.5 Å². The Bertz CT molecular complexity index is 550. The van der Waals surface area contributed by atoms with Gasteiger partial charge in [-0.1, -0.05) is 55.6 Å². The van der Waals surface area contributed by atoms with Gasteiger partial charge < -0.3 is 10.1 Å². The highest BCUT2D eigenvalue weighted by Crippen LogP contribution is 2.32. The summed E-state index contributed by atoms with van der Waals surface area (Å²) in [4.78, 5) is 37.8. The predicted octanol–water partition coefficient (Wildman–Crippen LogP) is 2.57. The number of imide groups is 1. The summed E-state index contributed by atoms with van der Waals surface area (Å²) in [5.41, 5.74) is -0.705. The third-order valence-electron chi connectivity index (χ3n) is 3.39. The molecule has 0 aliphatic carbocycles. The summed E-state index contributed by atoms with van der Waals surface area (Å²) < 4.78 is 3.43. The van der Waals surface area contributed by atoms with Crippen LogP contribution in [0.4, 0.5) is 0 Å². The Kier molecular flexibility index (Phi) is 6.96. The van der Waals surface area contributed by atoms with Crippen molar-refractivity contribution in [1.82, 2.24) is 10.2 Å². The Labute approximate surface area is 156 Å². The van der Waals surface area contributed by atoms with Crippen molar-refractivity contribution in [2.24, 2.45) is 5.41 Å². The van der Waals surface area contributed by atoms with Crippen LogP contribution in [-0.2, 0) is 19.1 Å². The molecule has 0 aromatic carbocycles. The number of nitrogens with one attached hydrogen (secondary N) is 1. The van der Waals surface area contributed by atoms with E-state index in [0.29, 0.717) is 5.76 Å². The molecule has 0 aromatic rings. The standard InChI is InChI=1S/C15H21Cl3N2O4/c1-14(2,3)13(23)19-10(5-6-15(16,17)18)12(22)20-8-9(24-4)7-11(20)21/h7,10H,5-6,8H2,1-4H3,(H,19,23)/t10-/m0/s1. The van der Waals surface area contributed by atoms with E-state index >= 15 is 0 Å². The van der Waals surface area contributed by atoms with E-state index in [0.717, 1.165) is 4.90 Å². The summed E-state index contributed by atoms with van der Waals surface area (Å²) in [5, 5.41) is 2.64. The monoisotopic (exact) mass is 398 g/mol. The Morgan fingerprint density at radius 2 is 1.92 bits per heavy atom. The van der Waals surface area contributed by atoms with Crippen molar-refractivity contribution in [2.75, 3.05) is 13.7 Å². The number of nitrogens with zero attached hydrogens (tertiary/aromatic N) is 1. The van der Waals surface area contributed by atoms with Gasteiger partial charge in [0.1, 0.15) is 11.8 Å². The number of hydrogen-bond acceptors (Lipinski definition) is 4. The van der Waals surface area contributed by atoms with E-state index in [1.807, 2.05) is 0 Å². The summed E-state index contributed by atoms with van der Waals surface area (Å²) in [7, 11) is 1.41. The normalized spacial score (nSPS) is 16.7. The zero-order valence-electron chi connectivity index (χ0n) is 14.0. The lowest BCUT2D eigenvalue weighted by Gasteiger charge is -2.27. The Morgan fingerprint density at radius 3 is 2.33 bits per heavy atom. The molecule has 9 heteroatoms. The molecule has 0 bridgehead atoms. The average Bonchev–Trinajstić information content (AvgIpc) is 2.81. The van der Waals surface area contributed by atoms with Gasteiger partial charge in [0, 0.05) is 11.5 Å². The van der Waals surface area contributed by atoms with E-state index in [1.165, 1.54) is 13.2 Å². The number of carbonyl (C=O) groups excluding carboxylic acids is 3. The second-order valence-electron chi connectivity index (χ2n) is 6.51. The summed E-state index contributed by atoms with van der Waals surface area (Å²) in [6.07, 6.45) is 1.36. The van der Waals surface area contributed by atoms with Crippen molar-refractivity contribution < 1.29 is 19.1 Å². The highest BCUT2D eigenvalue weighted by atomic mass is 35.6. The molecule has 3 amide bonds. The van der Waals surface area contributed by atoms with Crippen molar-refractivity contribution in [3.63, 3.8) is 0 Å². The summed E-state index contributed by atoms with van der Waals surface area (Å²) in [6.45, 7) is 5.16. The molecule has 0 radical (unpaired) electrons. The largest absolute Gasteiger partial charge is 0.499 e. The molecular formula is C15H21Cl3N2O4. The number of hydrogen-bond donors (Lipinski definition) is 1. The molecule has 24 heavy (non-hydrogen) atoms. The molecule has 1 aliphatic rings. The number of halogens is 3. The van der Waals surface area contributed by atoms with Crippen LogP contribution in [-0.4, -0.2) is 46.1 Å². The molecule has 0 saturated heterocycles. The molecule has 0 saturated carbocycles. The van der Waals surface area contributed by atoms with Crippen LogP contribution >= 0.6 is 34.8 Å². The molecule has 1 atom stereocenters. The second-order valence-corrected chi connectivity index (χ2v) is 9.02. The van der Waals surface area contributed by atoms with Gasteiger partial charge in [-0.2, -0.15) is 0 Å². The maximum atomic E-state index is 12.7. The van der Waals surface area contributed by atoms with E-state index < -0.39 is 27.1 Å². The molecule has 6 nitrogen and oxygen atoms in total. The van der Waals surface area contributed by atoms with Crippen molar-refractivity contribution in [1.29, 1.82) is 0 Å². The summed E-state index contributed by atoms with van der Waals surface area (Å²) in [6, 6.07) is -0.971. The maximum absolute atomic E-state index is 12.7. The highest BCUT2D eigenvalue weighted by Gasteiger charge is 2.36. The first-order chi connectivity index (χ1) is 10.8. The van der Waals surface area contributed by atoms with Gasteiger partial charge in [-0.3, -0.25) is 19.3 Å². The van der Waals surface area contributed by atoms with Crippen molar-refractivity contribution in [2.45, 2.75) is 43.4 Å². The van der Waals surface area contributed by atoms with Gasteiger partial charge in [0.25, 0.3) is 11.8 Å². The summed E-state index contributed by atoms with van der Waals surface area (Å²) in [5.74, 6) is -1.02. The fourth-order valence-electron chi connectivity index (χ4n) is 1.93. The smallest absolute Gasteiger partial charge is 0.257 e. The number of alkyl halides is 3. The van der Waals surface area contributed by atoms with Gasteiger partial charge in [0.15, 0.2) is 3.79 Å². The minimum atomic E-state index is -1.56. The molecule has 1 aliphatic heterocycles. The first kappa shape index (κ1) is 21.1. The van der Waals surface area contributed by atoms with Gasteiger partial charge in [-0.05, 0) is 12.8 Å². The topological polar surface area (TPSA) is 75.7 Å². The number of methoxy groups -OCH3 is 1. The number of rotatable bonds is 5. The van der Waals surface area contributed by atoms with E-state index in [4.69, 9.17) is 39.5 Å². The number of amides is 3. The molecular weight excluding hydrogens is 379 g/mol. The molecule has 1 rings (SSSR count). The van der Waals surface area contributed by atoms with Crippen LogP contribution in [0.5, 0.6) is 0 Å². The SMILES string of the molecule is COC1=CC(=O)N(C(=O)[C@H](CCC(Cl)(Cl)Cl)NC(=O)C(C)(C)C)C1. The summed E-state index contributed by atoms with van der Waals surface area (Å²) >= 11 is 17.2. The van der Waals surface area contributed by atoms with Gasteiger partial charge in [0.05, 0.1) is 13.7 Å². The van der Waals surface area contributed by atoms with Crippen LogP contribution in [0.15, 0.2) is 11.8 Å². The lowest BCUT2D eigenvalue weighted by molar-refractivity contribution is -0.144. The maximum Gasteiger partial charge on any atom is 0.257 e. The highest BCUT2D eigenvalue weighted by molar-refractivity contribution is 6.67. The minimum absolute atomic E-state index is 0.0177. The number of ether oxygens (including phenoxy) is 1. The zero-order chi connectivity index (χ0) is 18.7. The van der Waals surface area contributed by atoms with Crippen LogP contribution in [0.2, 0.25) is 0 Å². The second kappa shape index (κ2) is 7.93. The lowest BCUT2D eigenvalue weighted by atomic mass is 9.94. The Hall–Kier alpha value is -0.980. The first-order valence-corrected chi connectivity index (χ1v) is 8.46. The molecule has 136 valence electrons. The molecule has 1 N–H and O–H groups in total. The van der Waals surface area contributed by atoms with E-state index in [-0.39, 0.29) is 25.3 Å². The molecule has 1 heterocycles. The fraction of sp³-hybridized carbons (Fsp3) is 0.667. The zero-order valence-corrected chi connectivity index (χ0v) is 16.3. The fourth-order valence-corrected chi connectivity index (χ4v) is 2.26.